The quantitative estimate of drug-likeness (QED) is 0.791. The van der Waals surface area contributed by atoms with Crippen LogP contribution >= 0.6 is 0 Å². The normalized spacial score (nSPS) is 19.4. The number of β-amino-alcohol motifs (C(OH)–C–C–N with tert-alkyl or cyclic N) is 1. The highest BCUT2D eigenvalue weighted by Crippen LogP contribution is 2.06. The molecule has 1 saturated heterocycles. The summed E-state index contributed by atoms with van der Waals surface area (Å²) in [6.07, 6.45) is 1.12. The Morgan fingerprint density at radius 2 is 2.00 bits per heavy atom. The first-order chi connectivity index (χ1) is 8.28. The molecule has 1 aromatic rings. The zero-order chi connectivity index (χ0) is 12.1. The highest BCUT2D eigenvalue weighted by molar-refractivity contribution is 4.84. The predicted molar refractivity (Wildman–Crippen MR) is 62.5 cm³/mol. The summed E-state index contributed by atoms with van der Waals surface area (Å²) in [5.74, 6) is 1.38. The summed E-state index contributed by atoms with van der Waals surface area (Å²) >= 11 is 0. The van der Waals surface area contributed by atoms with E-state index in [0.29, 0.717) is 5.89 Å². The maximum Gasteiger partial charge on any atom is 0.223 e. The van der Waals surface area contributed by atoms with Crippen LogP contribution in [0, 0.1) is 6.92 Å². The Hall–Kier alpha value is -0.980. The third-order valence-electron chi connectivity index (χ3n) is 3.03. The SMILES string of the molecule is Cc1nc(CN2CCCN(CCO)CC2)no1. The fraction of sp³-hybridized carbons (Fsp3) is 0.818. The van der Waals surface area contributed by atoms with E-state index in [0.717, 1.165) is 51.5 Å². The van der Waals surface area contributed by atoms with Crippen molar-refractivity contribution in [1.82, 2.24) is 19.9 Å². The Labute approximate surface area is 101 Å². The molecule has 1 aliphatic heterocycles. The topological polar surface area (TPSA) is 65.6 Å². The molecule has 0 saturated carbocycles. The minimum atomic E-state index is 0.240. The first-order valence-corrected chi connectivity index (χ1v) is 6.12. The van der Waals surface area contributed by atoms with E-state index in [2.05, 4.69) is 19.9 Å². The van der Waals surface area contributed by atoms with Crippen molar-refractivity contribution in [2.45, 2.75) is 19.9 Å². The molecule has 0 radical (unpaired) electrons. The molecular formula is C11H20N4O2. The molecule has 2 rings (SSSR count). The van der Waals surface area contributed by atoms with Gasteiger partial charge >= 0.3 is 0 Å². The van der Waals surface area contributed by atoms with Crippen LogP contribution in [0.2, 0.25) is 0 Å². The summed E-state index contributed by atoms with van der Waals surface area (Å²) in [5.41, 5.74) is 0. The van der Waals surface area contributed by atoms with E-state index in [9.17, 15) is 0 Å². The van der Waals surface area contributed by atoms with Crippen LogP contribution in [-0.2, 0) is 6.54 Å². The Morgan fingerprint density at radius 1 is 1.24 bits per heavy atom. The Kier molecular flexibility index (Phi) is 4.47. The first-order valence-electron chi connectivity index (χ1n) is 6.12. The van der Waals surface area contributed by atoms with Gasteiger partial charge in [-0.05, 0) is 19.5 Å². The highest BCUT2D eigenvalue weighted by Gasteiger charge is 2.16. The summed E-state index contributed by atoms with van der Waals surface area (Å²) in [6.45, 7) is 7.67. The van der Waals surface area contributed by atoms with Crippen LogP contribution in [0.15, 0.2) is 4.52 Å². The number of hydrogen-bond donors (Lipinski definition) is 1. The third kappa shape index (κ3) is 3.76. The maximum absolute atomic E-state index is 8.93. The molecule has 0 aromatic carbocycles. The molecule has 1 N–H and O–H groups in total. The molecule has 6 nitrogen and oxygen atoms in total. The van der Waals surface area contributed by atoms with Gasteiger partial charge in [-0.2, -0.15) is 4.98 Å². The second kappa shape index (κ2) is 6.09. The second-order valence-corrected chi connectivity index (χ2v) is 4.42. The molecule has 1 aliphatic rings. The average molecular weight is 240 g/mol. The van der Waals surface area contributed by atoms with Gasteiger partial charge < -0.3 is 9.63 Å². The lowest BCUT2D eigenvalue weighted by atomic mass is 10.4. The van der Waals surface area contributed by atoms with Gasteiger partial charge in [0.15, 0.2) is 5.82 Å². The summed E-state index contributed by atoms with van der Waals surface area (Å²) < 4.78 is 4.97. The number of aliphatic hydroxyl groups is 1. The first kappa shape index (κ1) is 12.5. The summed E-state index contributed by atoms with van der Waals surface area (Å²) in [6, 6.07) is 0. The molecule has 2 heterocycles. The Morgan fingerprint density at radius 3 is 2.71 bits per heavy atom. The zero-order valence-corrected chi connectivity index (χ0v) is 10.3. The monoisotopic (exact) mass is 240 g/mol. The number of aliphatic hydroxyl groups excluding tert-OH is 1. The van der Waals surface area contributed by atoms with Crippen LogP contribution in [0.3, 0.4) is 0 Å². The molecule has 0 bridgehead atoms. The molecule has 0 atom stereocenters. The van der Waals surface area contributed by atoms with Crippen LogP contribution < -0.4 is 0 Å². The molecule has 1 fully saturated rings. The molecule has 17 heavy (non-hydrogen) atoms. The number of aromatic nitrogens is 2. The van der Waals surface area contributed by atoms with E-state index >= 15 is 0 Å². The van der Waals surface area contributed by atoms with Crippen molar-refractivity contribution in [2.24, 2.45) is 0 Å². The number of nitrogens with zero attached hydrogens (tertiary/aromatic N) is 4. The molecule has 6 heteroatoms. The van der Waals surface area contributed by atoms with Crippen molar-refractivity contribution in [2.75, 3.05) is 39.3 Å². The number of aryl methyl sites for hydroxylation is 1. The molecule has 1 aromatic heterocycles. The van der Waals surface area contributed by atoms with Gasteiger partial charge in [-0.25, -0.2) is 0 Å². The van der Waals surface area contributed by atoms with Gasteiger partial charge in [-0.15, -0.1) is 0 Å². The zero-order valence-electron chi connectivity index (χ0n) is 10.3. The number of hydrogen-bond acceptors (Lipinski definition) is 6. The molecule has 0 aliphatic carbocycles. The lowest BCUT2D eigenvalue weighted by Crippen LogP contribution is -2.32. The van der Waals surface area contributed by atoms with Crippen molar-refractivity contribution in [3.05, 3.63) is 11.7 Å². The van der Waals surface area contributed by atoms with Gasteiger partial charge in [0.25, 0.3) is 0 Å². The van der Waals surface area contributed by atoms with E-state index in [1.54, 1.807) is 0 Å². The van der Waals surface area contributed by atoms with E-state index in [-0.39, 0.29) is 6.61 Å². The standard InChI is InChI=1S/C11H20N4O2/c1-10-12-11(13-17-10)9-15-4-2-3-14(5-6-15)7-8-16/h16H,2-9H2,1H3. The molecule has 0 amide bonds. The van der Waals surface area contributed by atoms with Crippen molar-refractivity contribution in [1.29, 1.82) is 0 Å². The van der Waals surface area contributed by atoms with Gasteiger partial charge in [0.2, 0.25) is 5.89 Å². The fourth-order valence-electron chi connectivity index (χ4n) is 2.15. The molecule has 0 spiro atoms. The van der Waals surface area contributed by atoms with Gasteiger partial charge in [0, 0.05) is 26.6 Å². The van der Waals surface area contributed by atoms with Crippen LogP contribution in [0.4, 0.5) is 0 Å². The van der Waals surface area contributed by atoms with Gasteiger partial charge in [-0.1, -0.05) is 5.16 Å². The van der Waals surface area contributed by atoms with Gasteiger partial charge in [0.05, 0.1) is 13.2 Å². The van der Waals surface area contributed by atoms with Crippen molar-refractivity contribution in [3.63, 3.8) is 0 Å². The molecule has 0 unspecified atom stereocenters. The smallest absolute Gasteiger partial charge is 0.223 e. The molecular weight excluding hydrogens is 220 g/mol. The van der Waals surface area contributed by atoms with E-state index in [1.807, 2.05) is 6.92 Å². The highest BCUT2D eigenvalue weighted by atomic mass is 16.5. The average Bonchev–Trinajstić information content (AvgIpc) is 2.58. The predicted octanol–water partition coefficient (Wildman–Crippen LogP) is -0.122. The largest absolute Gasteiger partial charge is 0.395 e. The van der Waals surface area contributed by atoms with Gasteiger partial charge in [-0.3, -0.25) is 9.80 Å². The van der Waals surface area contributed by atoms with Crippen molar-refractivity contribution < 1.29 is 9.63 Å². The molecule has 96 valence electrons. The van der Waals surface area contributed by atoms with E-state index in [4.69, 9.17) is 9.63 Å². The third-order valence-corrected chi connectivity index (χ3v) is 3.03. The Bertz CT molecular complexity index is 342. The van der Waals surface area contributed by atoms with Gasteiger partial charge in [0.1, 0.15) is 0 Å². The van der Waals surface area contributed by atoms with Crippen LogP contribution in [-0.4, -0.2) is 64.4 Å². The van der Waals surface area contributed by atoms with Crippen LogP contribution in [0.5, 0.6) is 0 Å². The summed E-state index contributed by atoms with van der Waals surface area (Å²) in [5, 5.41) is 12.8. The fourth-order valence-corrected chi connectivity index (χ4v) is 2.15. The lowest BCUT2D eigenvalue weighted by molar-refractivity contribution is 0.195. The minimum absolute atomic E-state index is 0.240. The summed E-state index contributed by atoms with van der Waals surface area (Å²) in [4.78, 5) is 8.85. The van der Waals surface area contributed by atoms with E-state index < -0.39 is 0 Å². The maximum atomic E-state index is 8.93. The van der Waals surface area contributed by atoms with Crippen LogP contribution in [0.25, 0.3) is 0 Å². The Balaban J connectivity index is 1.82. The lowest BCUT2D eigenvalue weighted by Gasteiger charge is -2.19. The number of rotatable bonds is 4. The van der Waals surface area contributed by atoms with Crippen molar-refractivity contribution >= 4 is 0 Å². The van der Waals surface area contributed by atoms with E-state index in [1.165, 1.54) is 0 Å². The minimum Gasteiger partial charge on any atom is -0.395 e. The van der Waals surface area contributed by atoms with Crippen LogP contribution in [0.1, 0.15) is 18.1 Å². The second-order valence-electron chi connectivity index (χ2n) is 4.42. The van der Waals surface area contributed by atoms with Crippen molar-refractivity contribution in [3.8, 4) is 0 Å². The summed E-state index contributed by atoms with van der Waals surface area (Å²) in [7, 11) is 0.